The van der Waals surface area contributed by atoms with Gasteiger partial charge < -0.3 is 9.13 Å². The maximum atomic E-state index is 2.47. The SMILES string of the molecule is c1ccc(-c2ccc(-c3cccc(-n4c5ccccc5c5ccc6c7ccccc7n(-c7ccccc7)c6c54)c3)cc2)cc1. The number of aromatic nitrogens is 2. The topological polar surface area (TPSA) is 9.86 Å². The summed E-state index contributed by atoms with van der Waals surface area (Å²) in [6.45, 7) is 0. The fraction of sp³-hybridized carbons (Fsp3) is 0. The molecule has 0 bridgehead atoms. The standard InChI is InChI=1S/C42H28N2/c1-3-12-29(13-4-1)30-22-24-31(25-23-30)32-14-11-17-34(28-32)44-40-21-10-8-19-36(40)38-27-26-37-35-18-7-9-20-39(35)43(41(37)42(38)44)33-15-5-2-6-16-33/h1-28H. The van der Waals surface area contributed by atoms with Gasteiger partial charge in [-0.05, 0) is 58.7 Å². The molecule has 9 rings (SSSR count). The molecule has 9 aromatic rings. The molecular formula is C42H28N2. The van der Waals surface area contributed by atoms with Crippen molar-refractivity contribution < 1.29 is 0 Å². The van der Waals surface area contributed by atoms with E-state index in [1.54, 1.807) is 0 Å². The van der Waals surface area contributed by atoms with E-state index in [4.69, 9.17) is 0 Å². The Balaban J connectivity index is 1.33. The van der Waals surface area contributed by atoms with Crippen molar-refractivity contribution in [2.24, 2.45) is 0 Å². The van der Waals surface area contributed by atoms with E-state index in [9.17, 15) is 0 Å². The van der Waals surface area contributed by atoms with Gasteiger partial charge in [0.05, 0.1) is 22.1 Å². The first-order valence-corrected chi connectivity index (χ1v) is 15.1. The van der Waals surface area contributed by atoms with Crippen molar-refractivity contribution in [3.63, 3.8) is 0 Å². The minimum atomic E-state index is 1.15. The third kappa shape index (κ3) is 3.75. The molecule has 0 aliphatic heterocycles. The molecule has 206 valence electrons. The lowest BCUT2D eigenvalue weighted by atomic mass is 10.00. The number of hydrogen-bond acceptors (Lipinski definition) is 0. The van der Waals surface area contributed by atoms with Gasteiger partial charge in [0.1, 0.15) is 0 Å². The van der Waals surface area contributed by atoms with E-state index in [-0.39, 0.29) is 0 Å². The molecule has 0 saturated heterocycles. The average molecular weight is 561 g/mol. The van der Waals surface area contributed by atoms with Crippen molar-refractivity contribution >= 4 is 43.6 Å². The maximum absolute atomic E-state index is 2.47. The van der Waals surface area contributed by atoms with Crippen LogP contribution >= 0.6 is 0 Å². The van der Waals surface area contributed by atoms with Crippen LogP contribution in [-0.4, -0.2) is 9.13 Å². The molecule has 2 nitrogen and oxygen atoms in total. The molecule has 0 radical (unpaired) electrons. The fourth-order valence-corrected chi connectivity index (χ4v) is 6.92. The van der Waals surface area contributed by atoms with Gasteiger partial charge in [0.2, 0.25) is 0 Å². The molecule has 2 aromatic heterocycles. The summed E-state index contributed by atoms with van der Waals surface area (Å²) >= 11 is 0. The minimum Gasteiger partial charge on any atom is -0.307 e. The second kappa shape index (κ2) is 9.86. The molecule has 0 spiro atoms. The summed E-state index contributed by atoms with van der Waals surface area (Å²) in [6.07, 6.45) is 0. The first-order chi connectivity index (χ1) is 21.8. The summed E-state index contributed by atoms with van der Waals surface area (Å²) in [5.74, 6) is 0. The van der Waals surface area contributed by atoms with Crippen LogP contribution in [0.4, 0.5) is 0 Å². The number of hydrogen-bond donors (Lipinski definition) is 0. The molecule has 2 heteroatoms. The van der Waals surface area contributed by atoms with E-state index >= 15 is 0 Å². The normalized spacial score (nSPS) is 11.6. The number of nitrogens with zero attached hydrogens (tertiary/aromatic N) is 2. The van der Waals surface area contributed by atoms with Crippen molar-refractivity contribution in [3.05, 3.63) is 170 Å². The molecule has 0 aliphatic carbocycles. The zero-order valence-corrected chi connectivity index (χ0v) is 24.1. The van der Waals surface area contributed by atoms with Gasteiger partial charge in [0.25, 0.3) is 0 Å². The largest absolute Gasteiger partial charge is 0.307 e. The third-order valence-corrected chi connectivity index (χ3v) is 8.91. The molecule has 0 saturated carbocycles. The fourth-order valence-electron chi connectivity index (χ4n) is 6.92. The number of benzene rings is 7. The highest BCUT2D eigenvalue weighted by Crippen LogP contribution is 2.42. The first kappa shape index (κ1) is 24.7. The lowest BCUT2D eigenvalue weighted by molar-refractivity contribution is 1.15. The first-order valence-electron chi connectivity index (χ1n) is 15.1. The van der Waals surface area contributed by atoms with Crippen LogP contribution in [0.25, 0.3) is 77.2 Å². The van der Waals surface area contributed by atoms with Gasteiger partial charge in [0.15, 0.2) is 0 Å². The highest BCUT2D eigenvalue weighted by atomic mass is 15.0. The van der Waals surface area contributed by atoms with Crippen LogP contribution in [0.2, 0.25) is 0 Å². The third-order valence-electron chi connectivity index (χ3n) is 8.91. The Kier molecular flexibility index (Phi) is 5.54. The number of fused-ring (bicyclic) bond motifs is 7. The Hall–Kier alpha value is -5.86. The zero-order valence-electron chi connectivity index (χ0n) is 24.1. The quantitative estimate of drug-likeness (QED) is 0.203. The van der Waals surface area contributed by atoms with E-state index in [2.05, 4.69) is 179 Å². The molecule has 0 amide bonds. The Morgan fingerprint density at radius 1 is 0.273 bits per heavy atom. The van der Waals surface area contributed by atoms with Gasteiger partial charge in [-0.15, -0.1) is 0 Å². The maximum Gasteiger partial charge on any atom is 0.0788 e. The summed E-state index contributed by atoms with van der Waals surface area (Å²) < 4.78 is 4.90. The molecule has 44 heavy (non-hydrogen) atoms. The van der Waals surface area contributed by atoms with Crippen LogP contribution in [0.15, 0.2) is 170 Å². The average Bonchev–Trinajstić information content (AvgIpc) is 3.62. The molecule has 7 aromatic carbocycles. The monoisotopic (exact) mass is 560 g/mol. The van der Waals surface area contributed by atoms with E-state index in [0.29, 0.717) is 0 Å². The molecule has 0 fully saturated rings. The van der Waals surface area contributed by atoms with Gasteiger partial charge in [-0.3, -0.25) is 0 Å². The molecule has 0 unspecified atom stereocenters. The van der Waals surface area contributed by atoms with E-state index < -0.39 is 0 Å². The highest BCUT2D eigenvalue weighted by Gasteiger charge is 2.21. The minimum absolute atomic E-state index is 1.15. The second-order valence-corrected chi connectivity index (χ2v) is 11.4. The summed E-state index contributed by atoms with van der Waals surface area (Å²) in [5, 5.41) is 5.03. The van der Waals surface area contributed by atoms with Crippen molar-refractivity contribution in [1.29, 1.82) is 0 Å². The molecular weight excluding hydrogens is 532 g/mol. The van der Waals surface area contributed by atoms with Crippen molar-refractivity contribution in [3.8, 4) is 33.6 Å². The van der Waals surface area contributed by atoms with Gasteiger partial charge in [-0.2, -0.15) is 0 Å². The van der Waals surface area contributed by atoms with Crippen LogP contribution in [0.5, 0.6) is 0 Å². The predicted octanol–water partition coefficient (Wildman–Crippen LogP) is 11.2. The van der Waals surface area contributed by atoms with Gasteiger partial charge >= 0.3 is 0 Å². The molecule has 2 heterocycles. The van der Waals surface area contributed by atoms with E-state index in [0.717, 1.165) is 11.4 Å². The van der Waals surface area contributed by atoms with Crippen LogP contribution in [0, 0.1) is 0 Å². The van der Waals surface area contributed by atoms with Crippen molar-refractivity contribution in [1.82, 2.24) is 9.13 Å². The highest BCUT2D eigenvalue weighted by molar-refractivity contribution is 6.23. The lowest BCUT2D eigenvalue weighted by Crippen LogP contribution is -1.98. The number of rotatable bonds is 4. The van der Waals surface area contributed by atoms with Gasteiger partial charge in [0, 0.05) is 32.9 Å². The molecule has 0 N–H and O–H groups in total. The Labute approximate surface area is 255 Å². The van der Waals surface area contributed by atoms with E-state index in [1.165, 1.54) is 65.9 Å². The number of para-hydroxylation sites is 3. The molecule has 0 atom stereocenters. The van der Waals surface area contributed by atoms with Crippen LogP contribution < -0.4 is 0 Å². The summed E-state index contributed by atoms with van der Waals surface area (Å²) in [4.78, 5) is 0. The summed E-state index contributed by atoms with van der Waals surface area (Å²) in [5.41, 5.74) is 12.0. The summed E-state index contributed by atoms with van der Waals surface area (Å²) in [7, 11) is 0. The predicted molar refractivity (Wildman–Crippen MR) is 186 cm³/mol. The second-order valence-electron chi connectivity index (χ2n) is 11.4. The Morgan fingerprint density at radius 3 is 1.32 bits per heavy atom. The summed E-state index contributed by atoms with van der Waals surface area (Å²) in [6, 6.07) is 61.4. The van der Waals surface area contributed by atoms with Crippen molar-refractivity contribution in [2.45, 2.75) is 0 Å². The van der Waals surface area contributed by atoms with Crippen LogP contribution in [-0.2, 0) is 0 Å². The van der Waals surface area contributed by atoms with Gasteiger partial charge in [-0.1, -0.05) is 133 Å². The molecule has 0 aliphatic rings. The van der Waals surface area contributed by atoms with Crippen LogP contribution in [0.1, 0.15) is 0 Å². The van der Waals surface area contributed by atoms with Gasteiger partial charge in [-0.25, -0.2) is 0 Å². The lowest BCUT2D eigenvalue weighted by Gasteiger charge is -2.13. The van der Waals surface area contributed by atoms with E-state index in [1.807, 2.05) is 0 Å². The smallest absolute Gasteiger partial charge is 0.0788 e. The Morgan fingerprint density at radius 2 is 0.705 bits per heavy atom. The van der Waals surface area contributed by atoms with Crippen LogP contribution in [0.3, 0.4) is 0 Å². The van der Waals surface area contributed by atoms with Crippen molar-refractivity contribution in [2.75, 3.05) is 0 Å². The Bertz CT molecular complexity index is 2460. The zero-order chi connectivity index (χ0) is 29.0.